The zero-order chi connectivity index (χ0) is 25.1. The van der Waals surface area contributed by atoms with Crippen molar-refractivity contribution in [2.24, 2.45) is 0 Å². The number of carbonyl (C=O) groups excluding carboxylic acids is 1. The van der Waals surface area contributed by atoms with Crippen LogP contribution in [-0.4, -0.2) is 51.0 Å². The lowest BCUT2D eigenvalue weighted by Crippen LogP contribution is -2.32. The van der Waals surface area contributed by atoms with E-state index in [0.29, 0.717) is 12.2 Å². The highest BCUT2D eigenvalue weighted by molar-refractivity contribution is 7.99. The first-order valence-electron chi connectivity index (χ1n) is 12.1. The van der Waals surface area contributed by atoms with Gasteiger partial charge in [0.2, 0.25) is 0 Å². The van der Waals surface area contributed by atoms with E-state index >= 15 is 0 Å². The van der Waals surface area contributed by atoms with E-state index in [1.807, 2.05) is 30.0 Å². The number of fused-ring (bicyclic) bond motifs is 3. The molecular weight excluding hydrogens is 474 g/mol. The average molecular weight is 506 g/mol. The van der Waals surface area contributed by atoms with Crippen LogP contribution in [0.3, 0.4) is 0 Å². The van der Waals surface area contributed by atoms with Crippen LogP contribution in [0.1, 0.15) is 43.4 Å². The first-order valence-corrected chi connectivity index (χ1v) is 13.2. The van der Waals surface area contributed by atoms with Crippen LogP contribution < -0.4 is 14.2 Å². The molecule has 2 aliphatic rings. The van der Waals surface area contributed by atoms with Crippen molar-refractivity contribution in [1.29, 1.82) is 0 Å². The van der Waals surface area contributed by atoms with Crippen molar-refractivity contribution in [2.45, 2.75) is 24.8 Å². The van der Waals surface area contributed by atoms with E-state index in [9.17, 15) is 4.79 Å². The third-order valence-electron chi connectivity index (χ3n) is 6.92. The van der Waals surface area contributed by atoms with E-state index in [0.717, 1.165) is 54.6 Å². The molecule has 1 atom stereocenters. The van der Waals surface area contributed by atoms with E-state index in [1.54, 1.807) is 20.3 Å². The van der Waals surface area contributed by atoms with Gasteiger partial charge in [-0.2, -0.15) is 0 Å². The SMILES string of the molecule is COC(=O)c1ccc2c(c1)C(SCCN1CCc3cc(OC)c(OC)cc3C1)c1ccccc1CO2. The van der Waals surface area contributed by atoms with E-state index in [4.69, 9.17) is 18.9 Å². The normalized spacial score (nSPS) is 16.6. The molecule has 188 valence electrons. The topological polar surface area (TPSA) is 57.2 Å². The van der Waals surface area contributed by atoms with Gasteiger partial charge in [-0.25, -0.2) is 4.79 Å². The molecule has 0 spiro atoms. The number of ether oxygens (including phenoxy) is 4. The second-order valence-electron chi connectivity index (χ2n) is 8.98. The third-order valence-corrected chi connectivity index (χ3v) is 8.18. The van der Waals surface area contributed by atoms with Crippen LogP contribution >= 0.6 is 11.8 Å². The van der Waals surface area contributed by atoms with Gasteiger partial charge < -0.3 is 18.9 Å². The third kappa shape index (κ3) is 4.90. The molecule has 0 saturated carbocycles. The highest BCUT2D eigenvalue weighted by Crippen LogP contribution is 2.44. The van der Waals surface area contributed by atoms with Gasteiger partial charge in [0.1, 0.15) is 12.4 Å². The molecule has 0 aromatic heterocycles. The number of carbonyl (C=O) groups is 1. The lowest BCUT2D eigenvalue weighted by molar-refractivity contribution is 0.0600. The van der Waals surface area contributed by atoms with Crippen LogP contribution in [0.25, 0.3) is 0 Å². The predicted octanol–water partition coefficient (Wildman–Crippen LogP) is 5.26. The Hall–Kier alpha value is -3.16. The van der Waals surface area contributed by atoms with Crippen LogP contribution in [0.5, 0.6) is 17.2 Å². The molecule has 0 fully saturated rings. The van der Waals surface area contributed by atoms with Gasteiger partial charge in [0.05, 0.1) is 32.1 Å². The van der Waals surface area contributed by atoms with E-state index in [1.165, 1.54) is 29.4 Å². The van der Waals surface area contributed by atoms with Crippen LogP contribution in [0.15, 0.2) is 54.6 Å². The number of esters is 1. The molecular formula is C29H31NO5S. The minimum atomic E-state index is -0.335. The molecule has 0 amide bonds. The van der Waals surface area contributed by atoms with E-state index < -0.39 is 0 Å². The van der Waals surface area contributed by atoms with Crippen LogP contribution in [0, 0.1) is 0 Å². The Balaban J connectivity index is 1.34. The van der Waals surface area contributed by atoms with Gasteiger partial charge in [-0.05, 0) is 59.0 Å². The van der Waals surface area contributed by atoms with Gasteiger partial charge in [-0.15, -0.1) is 11.8 Å². The summed E-state index contributed by atoms with van der Waals surface area (Å²) in [4.78, 5) is 14.7. The second-order valence-corrected chi connectivity index (χ2v) is 10.2. The molecule has 0 saturated heterocycles. The standard InChI is InChI=1S/C29H31NO5S/c1-32-26-15-19-10-11-30(17-22(19)16-27(26)33-2)12-13-36-28-23-7-5-4-6-21(23)18-35-25-9-8-20(14-24(25)28)29(31)34-3/h4-9,14-16,28H,10-13,17-18H2,1-3H3. The molecule has 3 aromatic carbocycles. The molecule has 0 aliphatic carbocycles. The summed E-state index contributed by atoms with van der Waals surface area (Å²) >= 11 is 1.89. The lowest BCUT2D eigenvalue weighted by Gasteiger charge is -2.30. The molecule has 36 heavy (non-hydrogen) atoms. The molecule has 0 N–H and O–H groups in total. The summed E-state index contributed by atoms with van der Waals surface area (Å²) in [6.45, 7) is 3.39. The molecule has 1 unspecified atom stereocenters. The highest BCUT2D eigenvalue weighted by atomic mass is 32.2. The van der Waals surface area contributed by atoms with Gasteiger partial charge in [0, 0.05) is 31.0 Å². The molecule has 2 heterocycles. The number of nitrogens with zero attached hydrogens (tertiary/aromatic N) is 1. The maximum absolute atomic E-state index is 12.3. The molecule has 5 rings (SSSR count). The van der Waals surface area contributed by atoms with Gasteiger partial charge in [-0.3, -0.25) is 4.90 Å². The lowest BCUT2D eigenvalue weighted by atomic mass is 9.98. The zero-order valence-corrected chi connectivity index (χ0v) is 21.7. The van der Waals surface area contributed by atoms with Crippen molar-refractivity contribution in [3.05, 3.63) is 88.0 Å². The zero-order valence-electron chi connectivity index (χ0n) is 20.9. The summed E-state index contributed by atoms with van der Waals surface area (Å²) in [5.41, 5.74) is 6.61. The predicted molar refractivity (Wildman–Crippen MR) is 141 cm³/mol. The molecule has 0 radical (unpaired) electrons. The van der Waals surface area contributed by atoms with Crippen LogP contribution in [-0.2, 0) is 24.3 Å². The van der Waals surface area contributed by atoms with Crippen molar-refractivity contribution in [2.75, 3.05) is 40.2 Å². The molecule has 7 heteroatoms. The highest BCUT2D eigenvalue weighted by Gasteiger charge is 2.27. The Kier molecular flexibility index (Phi) is 7.39. The minimum Gasteiger partial charge on any atom is -0.493 e. The van der Waals surface area contributed by atoms with Crippen molar-refractivity contribution >= 4 is 17.7 Å². The Morgan fingerprint density at radius 1 is 0.972 bits per heavy atom. The fourth-order valence-corrected chi connectivity index (χ4v) is 6.36. The van der Waals surface area contributed by atoms with E-state index in [-0.39, 0.29) is 11.2 Å². The Bertz CT molecular complexity index is 1260. The van der Waals surface area contributed by atoms with Gasteiger partial charge in [0.15, 0.2) is 11.5 Å². The van der Waals surface area contributed by atoms with Gasteiger partial charge >= 0.3 is 5.97 Å². The van der Waals surface area contributed by atoms with Crippen molar-refractivity contribution in [3.8, 4) is 17.2 Å². The van der Waals surface area contributed by atoms with Gasteiger partial charge in [0.25, 0.3) is 0 Å². The molecule has 6 nitrogen and oxygen atoms in total. The monoisotopic (exact) mass is 505 g/mol. The first-order chi connectivity index (χ1) is 17.6. The fraction of sp³-hybridized carbons (Fsp3) is 0.345. The minimum absolute atomic E-state index is 0.0738. The largest absolute Gasteiger partial charge is 0.493 e. The van der Waals surface area contributed by atoms with Crippen LogP contribution in [0.4, 0.5) is 0 Å². The fourth-order valence-electron chi connectivity index (χ4n) is 4.99. The summed E-state index contributed by atoms with van der Waals surface area (Å²) in [5.74, 6) is 3.01. The average Bonchev–Trinajstić information content (AvgIpc) is 3.08. The number of thioether (sulfide) groups is 1. The van der Waals surface area contributed by atoms with Crippen LogP contribution in [0.2, 0.25) is 0 Å². The van der Waals surface area contributed by atoms with E-state index in [2.05, 4.69) is 35.2 Å². The smallest absolute Gasteiger partial charge is 0.337 e. The number of rotatable bonds is 7. The van der Waals surface area contributed by atoms with Crippen molar-refractivity contribution in [3.63, 3.8) is 0 Å². The summed E-state index contributed by atoms with van der Waals surface area (Å²) in [5, 5.41) is 0.0738. The van der Waals surface area contributed by atoms with Gasteiger partial charge in [-0.1, -0.05) is 24.3 Å². The first kappa shape index (κ1) is 24.5. The Morgan fingerprint density at radius 3 is 2.53 bits per heavy atom. The molecule has 3 aromatic rings. The summed E-state index contributed by atoms with van der Waals surface area (Å²) in [6, 6.07) is 18.2. The molecule has 2 aliphatic heterocycles. The number of methoxy groups -OCH3 is 3. The quantitative estimate of drug-likeness (QED) is 0.406. The number of hydrogen-bond acceptors (Lipinski definition) is 7. The summed E-state index contributed by atoms with van der Waals surface area (Å²) < 4.78 is 22.1. The molecule has 0 bridgehead atoms. The summed E-state index contributed by atoms with van der Waals surface area (Å²) in [7, 11) is 4.77. The number of benzene rings is 3. The van der Waals surface area contributed by atoms with Crippen molar-refractivity contribution in [1.82, 2.24) is 4.90 Å². The Labute approximate surface area is 216 Å². The maximum atomic E-state index is 12.3. The summed E-state index contributed by atoms with van der Waals surface area (Å²) in [6.07, 6.45) is 0.992. The Morgan fingerprint density at radius 2 is 1.75 bits per heavy atom. The maximum Gasteiger partial charge on any atom is 0.337 e. The number of hydrogen-bond donors (Lipinski definition) is 0. The van der Waals surface area contributed by atoms with Crippen molar-refractivity contribution < 1.29 is 23.7 Å². The second kappa shape index (κ2) is 10.8.